The molecule has 2 atom stereocenters. The van der Waals surface area contributed by atoms with E-state index in [4.69, 9.17) is 5.11 Å². The minimum atomic E-state index is -1.30. The number of methoxy groups -OCH3 is 1. The van der Waals surface area contributed by atoms with Crippen molar-refractivity contribution < 1.29 is 19.4 Å². The van der Waals surface area contributed by atoms with Crippen LogP contribution in [-0.2, 0) is 14.3 Å². The van der Waals surface area contributed by atoms with Gasteiger partial charge in [0.05, 0.1) is 7.11 Å². The second-order valence-electron chi connectivity index (χ2n) is 2.43. The van der Waals surface area contributed by atoms with E-state index in [0.29, 0.717) is 0 Å². The molecule has 5 nitrogen and oxygen atoms in total. The Balaban J connectivity index is 4.05. The Kier molecular flexibility index (Phi) is 4.76. The first-order valence-corrected chi connectivity index (χ1v) is 3.71. The maximum absolute atomic E-state index is 11.0. The minimum absolute atomic E-state index is 0.565. The summed E-state index contributed by atoms with van der Waals surface area (Å²) in [5.41, 5.74) is 0. The molecule has 0 fully saturated rings. The Morgan fingerprint density at radius 3 is 2.54 bits per heavy atom. The van der Waals surface area contributed by atoms with E-state index >= 15 is 0 Å². The molecule has 5 heteroatoms. The number of carbonyl (C=O) groups excluding carboxylic acids is 2. The maximum atomic E-state index is 11.0. The summed E-state index contributed by atoms with van der Waals surface area (Å²) in [7, 11) is 1.22. The summed E-state index contributed by atoms with van der Waals surface area (Å²) in [5.74, 6) is -1.24. The molecule has 0 heterocycles. The molecular weight excluding hydrogens is 174 g/mol. The number of amides is 1. The first-order valence-electron chi connectivity index (χ1n) is 3.71. The van der Waals surface area contributed by atoms with Crippen molar-refractivity contribution in [2.24, 2.45) is 0 Å². The average molecular weight is 187 g/mol. The lowest BCUT2D eigenvalue weighted by Crippen LogP contribution is -2.43. The van der Waals surface area contributed by atoms with Crippen molar-refractivity contribution in [2.75, 3.05) is 7.11 Å². The van der Waals surface area contributed by atoms with Gasteiger partial charge < -0.3 is 15.2 Å². The predicted octanol–water partition coefficient (Wildman–Crippen LogP) is -0.789. The molecule has 74 valence electrons. The van der Waals surface area contributed by atoms with Crippen LogP contribution in [0.25, 0.3) is 0 Å². The summed E-state index contributed by atoms with van der Waals surface area (Å²) >= 11 is 0. The normalized spacial score (nSPS) is 14.1. The Hall–Kier alpha value is -1.36. The first-order chi connectivity index (χ1) is 6.02. The van der Waals surface area contributed by atoms with Gasteiger partial charge in [-0.3, -0.25) is 4.79 Å². The lowest BCUT2D eigenvalue weighted by Gasteiger charge is -2.12. The molecule has 0 aliphatic heterocycles. The van der Waals surface area contributed by atoms with E-state index in [1.54, 1.807) is 0 Å². The van der Waals surface area contributed by atoms with Crippen molar-refractivity contribution in [3.63, 3.8) is 0 Å². The van der Waals surface area contributed by atoms with E-state index < -0.39 is 24.0 Å². The lowest BCUT2D eigenvalue weighted by atomic mass is 10.3. The minimum Gasteiger partial charge on any atom is -0.467 e. The summed E-state index contributed by atoms with van der Waals surface area (Å²) in [6.07, 6.45) is -0.230. The molecule has 0 aromatic heterocycles. The van der Waals surface area contributed by atoms with Crippen molar-refractivity contribution in [3.05, 3.63) is 12.7 Å². The van der Waals surface area contributed by atoms with Gasteiger partial charge >= 0.3 is 5.97 Å². The second kappa shape index (κ2) is 5.31. The van der Waals surface area contributed by atoms with Crippen LogP contribution in [0.3, 0.4) is 0 Å². The highest BCUT2D eigenvalue weighted by molar-refractivity contribution is 5.87. The van der Waals surface area contributed by atoms with Gasteiger partial charge in [-0.2, -0.15) is 0 Å². The van der Waals surface area contributed by atoms with Crippen LogP contribution in [0.2, 0.25) is 0 Å². The molecule has 0 rings (SSSR count). The number of hydrogen-bond acceptors (Lipinski definition) is 4. The van der Waals surface area contributed by atoms with E-state index in [2.05, 4.69) is 16.6 Å². The molecule has 1 unspecified atom stereocenters. The molecule has 0 saturated heterocycles. The molecule has 0 spiro atoms. The molecule has 0 aromatic rings. The SMILES string of the molecule is C=CC(O)C(=O)N[C@@H](C)C(=O)OC. The number of aliphatic hydroxyl groups excluding tert-OH is 1. The molecular formula is C8H13NO4. The zero-order valence-corrected chi connectivity index (χ0v) is 7.61. The largest absolute Gasteiger partial charge is 0.467 e. The summed E-state index contributed by atoms with van der Waals surface area (Å²) in [5, 5.41) is 11.2. The number of aliphatic hydroxyl groups is 1. The van der Waals surface area contributed by atoms with Crippen LogP contribution in [-0.4, -0.2) is 36.2 Å². The van der Waals surface area contributed by atoms with Crippen LogP contribution in [0.1, 0.15) is 6.92 Å². The smallest absolute Gasteiger partial charge is 0.328 e. The topological polar surface area (TPSA) is 75.6 Å². The average Bonchev–Trinajstić information content (AvgIpc) is 2.14. The maximum Gasteiger partial charge on any atom is 0.328 e. The van der Waals surface area contributed by atoms with E-state index in [9.17, 15) is 9.59 Å². The number of nitrogens with one attached hydrogen (secondary N) is 1. The van der Waals surface area contributed by atoms with Crippen molar-refractivity contribution in [3.8, 4) is 0 Å². The highest BCUT2D eigenvalue weighted by atomic mass is 16.5. The van der Waals surface area contributed by atoms with Gasteiger partial charge in [0.1, 0.15) is 6.04 Å². The van der Waals surface area contributed by atoms with Crippen LogP contribution in [0.15, 0.2) is 12.7 Å². The summed E-state index contributed by atoms with van der Waals surface area (Å²) in [4.78, 5) is 21.8. The number of ether oxygens (including phenoxy) is 1. The van der Waals surface area contributed by atoms with Gasteiger partial charge in [0.25, 0.3) is 5.91 Å². The Morgan fingerprint density at radius 2 is 2.15 bits per heavy atom. The molecule has 0 bridgehead atoms. The highest BCUT2D eigenvalue weighted by Gasteiger charge is 2.18. The highest BCUT2D eigenvalue weighted by Crippen LogP contribution is 1.89. The Morgan fingerprint density at radius 1 is 1.62 bits per heavy atom. The Labute approximate surface area is 76.4 Å². The number of esters is 1. The number of hydrogen-bond donors (Lipinski definition) is 2. The van der Waals surface area contributed by atoms with Gasteiger partial charge in [-0.25, -0.2) is 4.79 Å². The molecule has 0 radical (unpaired) electrons. The van der Waals surface area contributed by atoms with Gasteiger partial charge in [0.2, 0.25) is 0 Å². The van der Waals surface area contributed by atoms with Crippen LogP contribution < -0.4 is 5.32 Å². The van der Waals surface area contributed by atoms with Crippen LogP contribution >= 0.6 is 0 Å². The lowest BCUT2D eigenvalue weighted by molar-refractivity contribution is -0.145. The van der Waals surface area contributed by atoms with Gasteiger partial charge in [0.15, 0.2) is 6.10 Å². The molecule has 0 aliphatic rings. The van der Waals surface area contributed by atoms with E-state index in [0.717, 1.165) is 6.08 Å². The van der Waals surface area contributed by atoms with E-state index in [1.807, 2.05) is 0 Å². The van der Waals surface area contributed by atoms with Crippen molar-refractivity contribution in [2.45, 2.75) is 19.1 Å². The third kappa shape index (κ3) is 3.71. The van der Waals surface area contributed by atoms with Gasteiger partial charge in [-0.15, -0.1) is 0 Å². The quantitative estimate of drug-likeness (QED) is 0.447. The summed E-state index contributed by atoms with van der Waals surface area (Å²) in [6, 6.07) is -0.771. The van der Waals surface area contributed by atoms with Gasteiger partial charge in [-0.05, 0) is 6.92 Å². The third-order valence-electron chi connectivity index (χ3n) is 1.41. The first kappa shape index (κ1) is 11.6. The van der Waals surface area contributed by atoms with Crippen LogP contribution in [0.5, 0.6) is 0 Å². The van der Waals surface area contributed by atoms with Crippen molar-refractivity contribution in [1.82, 2.24) is 5.32 Å². The fourth-order valence-electron chi connectivity index (χ4n) is 0.642. The van der Waals surface area contributed by atoms with Crippen LogP contribution in [0, 0.1) is 0 Å². The zero-order chi connectivity index (χ0) is 10.4. The molecule has 0 saturated carbocycles. The zero-order valence-electron chi connectivity index (χ0n) is 7.61. The molecule has 2 N–H and O–H groups in total. The third-order valence-corrected chi connectivity index (χ3v) is 1.41. The van der Waals surface area contributed by atoms with E-state index in [-0.39, 0.29) is 0 Å². The molecule has 0 aromatic carbocycles. The summed E-state index contributed by atoms with van der Waals surface area (Å²) < 4.78 is 4.37. The summed E-state index contributed by atoms with van der Waals surface area (Å²) in [6.45, 7) is 4.68. The molecule has 0 aliphatic carbocycles. The van der Waals surface area contributed by atoms with Crippen molar-refractivity contribution in [1.29, 1.82) is 0 Å². The van der Waals surface area contributed by atoms with Crippen molar-refractivity contribution >= 4 is 11.9 Å². The van der Waals surface area contributed by atoms with Gasteiger partial charge in [0, 0.05) is 0 Å². The predicted molar refractivity (Wildman–Crippen MR) is 45.8 cm³/mol. The molecule has 13 heavy (non-hydrogen) atoms. The Bertz CT molecular complexity index is 214. The second-order valence-corrected chi connectivity index (χ2v) is 2.43. The fourth-order valence-corrected chi connectivity index (χ4v) is 0.642. The fraction of sp³-hybridized carbons (Fsp3) is 0.500. The number of rotatable bonds is 4. The van der Waals surface area contributed by atoms with Crippen LogP contribution in [0.4, 0.5) is 0 Å². The number of carbonyl (C=O) groups is 2. The monoisotopic (exact) mass is 187 g/mol. The standard InChI is InChI=1S/C8H13NO4/c1-4-6(10)7(11)9-5(2)8(12)13-3/h4-6,10H,1H2,2-3H3,(H,9,11)/t5-,6?/m0/s1. The molecule has 1 amide bonds. The van der Waals surface area contributed by atoms with E-state index in [1.165, 1.54) is 14.0 Å². The van der Waals surface area contributed by atoms with Gasteiger partial charge in [-0.1, -0.05) is 12.7 Å².